The maximum absolute atomic E-state index is 6.74. The van der Waals surface area contributed by atoms with Crippen LogP contribution in [0.3, 0.4) is 0 Å². The molecule has 3 aromatic heterocycles. The lowest BCUT2D eigenvalue weighted by molar-refractivity contribution is -0.272. The Kier molecular flexibility index (Phi) is 9.83. The number of hydrogen-bond acceptors (Lipinski definition) is 6. The molecule has 6 heteroatoms. The van der Waals surface area contributed by atoms with Crippen LogP contribution in [0.1, 0.15) is 70.4 Å². The van der Waals surface area contributed by atoms with Crippen LogP contribution in [-0.2, 0) is 11.4 Å². The predicted octanol–water partition coefficient (Wildman–Crippen LogP) is 9.28. The molecule has 0 amide bonds. The van der Waals surface area contributed by atoms with Crippen LogP contribution in [0, 0.1) is 5.92 Å². The van der Waals surface area contributed by atoms with Gasteiger partial charge in [-0.2, -0.15) is 5.06 Å². The van der Waals surface area contributed by atoms with Crippen molar-refractivity contribution in [3.8, 4) is 28.5 Å². The highest BCUT2D eigenvalue weighted by atomic mass is 16.7. The molecule has 0 bridgehead atoms. The summed E-state index contributed by atoms with van der Waals surface area (Å²) in [5.74, 6) is 1.08. The Morgan fingerprint density at radius 2 is 1.23 bits per heavy atom. The molecule has 6 nitrogen and oxygen atoms in total. The van der Waals surface area contributed by atoms with Gasteiger partial charge in [0.15, 0.2) is 0 Å². The zero-order chi connectivity index (χ0) is 31.1. The van der Waals surface area contributed by atoms with Crippen molar-refractivity contribution in [2.45, 2.75) is 65.8 Å². The average molecular weight is 587 g/mol. The molecule has 0 spiro atoms. The van der Waals surface area contributed by atoms with Crippen LogP contribution in [0.2, 0.25) is 0 Å². The van der Waals surface area contributed by atoms with E-state index in [1.165, 1.54) is 5.56 Å². The molecular formula is C38H42N4O2. The fourth-order valence-electron chi connectivity index (χ4n) is 5.24. The number of rotatable bonds is 11. The van der Waals surface area contributed by atoms with E-state index in [1.807, 2.05) is 48.5 Å². The summed E-state index contributed by atoms with van der Waals surface area (Å²) >= 11 is 0. The quantitative estimate of drug-likeness (QED) is 0.144. The first-order valence-corrected chi connectivity index (χ1v) is 15.3. The van der Waals surface area contributed by atoms with E-state index in [0.29, 0.717) is 18.3 Å². The standard InChI is InChI=1S/C38H42N4O2/c1-27(2)37(31-14-8-7-9-15-31)42(38(4,5)6)44-28(3)30-20-18-29(19-21-30)26-43-32-24-35(33-16-10-12-22-39-33)41-36(25-32)34-17-11-13-23-40-34/h7-25,27-28,37H,26H2,1-6H3. The van der Waals surface area contributed by atoms with Crippen molar-refractivity contribution in [1.29, 1.82) is 0 Å². The fraction of sp³-hybridized carbons (Fsp3) is 0.289. The van der Waals surface area contributed by atoms with Crippen molar-refractivity contribution in [3.05, 3.63) is 132 Å². The number of benzene rings is 2. The second-order valence-electron chi connectivity index (χ2n) is 12.4. The predicted molar refractivity (Wildman–Crippen MR) is 177 cm³/mol. The monoisotopic (exact) mass is 586 g/mol. The Labute approximate surface area is 261 Å². The summed E-state index contributed by atoms with van der Waals surface area (Å²) in [5, 5.41) is 2.18. The van der Waals surface area contributed by atoms with Gasteiger partial charge in [-0.15, -0.1) is 0 Å². The van der Waals surface area contributed by atoms with Gasteiger partial charge >= 0.3 is 0 Å². The minimum Gasteiger partial charge on any atom is -0.489 e. The number of nitrogens with zero attached hydrogens (tertiary/aromatic N) is 4. The molecule has 2 unspecified atom stereocenters. The van der Waals surface area contributed by atoms with Crippen LogP contribution < -0.4 is 4.74 Å². The molecule has 2 atom stereocenters. The van der Waals surface area contributed by atoms with Crippen LogP contribution in [0.5, 0.6) is 5.75 Å². The molecule has 5 aromatic rings. The second kappa shape index (κ2) is 13.9. The topological polar surface area (TPSA) is 60.4 Å². The summed E-state index contributed by atoms with van der Waals surface area (Å²) in [6, 6.07) is 34.7. The molecule has 2 aromatic carbocycles. The van der Waals surface area contributed by atoms with E-state index in [1.54, 1.807) is 12.4 Å². The molecule has 0 radical (unpaired) electrons. The third-order valence-electron chi connectivity index (χ3n) is 7.47. The largest absolute Gasteiger partial charge is 0.489 e. The normalized spacial score (nSPS) is 13.2. The molecule has 44 heavy (non-hydrogen) atoms. The number of ether oxygens (including phenoxy) is 1. The summed E-state index contributed by atoms with van der Waals surface area (Å²) in [4.78, 5) is 20.5. The highest BCUT2D eigenvalue weighted by Crippen LogP contribution is 2.37. The third-order valence-corrected chi connectivity index (χ3v) is 7.47. The third kappa shape index (κ3) is 7.76. The van der Waals surface area contributed by atoms with Crippen LogP contribution in [0.15, 0.2) is 116 Å². The van der Waals surface area contributed by atoms with Crippen LogP contribution in [0.25, 0.3) is 22.8 Å². The Hall–Kier alpha value is -4.39. The number of pyridine rings is 3. The maximum Gasteiger partial charge on any atom is 0.124 e. The molecular weight excluding hydrogens is 544 g/mol. The molecule has 0 saturated heterocycles. The van der Waals surface area contributed by atoms with Crippen molar-refractivity contribution in [2.24, 2.45) is 5.92 Å². The van der Waals surface area contributed by atoms with E-state index in [-0.39, 0.29) is 17.7 Å². The van der Waals surface area contributed by atoms with Gasteiger partial charge in [-0.25, -0.2) is 4.98 Å². The molecule has 0 N–H and O–H groups in total. The van der Waals surface area contributed by atoms with Gasteiger partial charge in [0, 0.05) is 30.1 Å². The van der Waals surface area contributed by atoms with E-state index < -0.39 is 0 Å². The van der Waals surface area contributed by atoms with Gasteiger partial charge in [-0.3, -0.25) is 14.8 Å². The van der Waals surface area contributed by atoms with Crippen molar-refractivity contribution < 1.29 is 9.57 Å². The van der Waals surface area contributed by atoms with Crippen LogP contribution >= 0.6 is 0 Å². The van der Waals surface area contributed by atoms with Crippen molar-refractivity contribution in [3.63, 3.8) is 0 Å². The molecule has 226 valence electrons. The van der Waals surface area contributed by atoms with Crippen molar-refractivity contribution in [2.75, 3.05) is 0 Å². The van der Waals surface area contributed by atoms with Crippen LogP contribution in [0.4, 0.5) is 0 Å². The lowest BCUT2D eigenvalue weighted by Gasteiger charge is -2.44. The number of aromatic nitrogens is 3. The average Bonchev–Trinajstić information content (AvgIpc) is 3.04. The second-order valence-corrected chi connectivity index (χ2v) is 12.4. The van der Waals surface area contributed by atoms with Crippen molar-refractivity contribution in [1.82, 2.24) is 20.0 Å². The zero-order valence-corrected chi connectivity index (χ0v) is 26.5. The summed E-state index contributed by atoms with van der Waals surface area (Å²) in [6.45, 7) is 13.6. The van der Waals surface area contributed by atoms with E-state index in [9.17, 15) is 0 Å². The van der Waals surface area contributed by atoms with Crippen LogP contribution in [-0.4, -0.2) is 25.6 Å². The van der Waals surface area contributed by atoms with Gasteiger partial charge in [-0.05, 0) is 74.6 Å². The SMILES string of the molecule is CC(ON(C(c1ccccc1)C(C)C)C(C)(C)C)c1ccc(COc2cc(-c3ccccn3)nc(-c3ccccn3)c2)cc1. The number of hydroxylamine groups is 2. The summed E-state index contributed by atoms with van der Waals surface area (Å²) in [7, 11) is 0. The first kappa shape index (κ1) is 31.0. The van der Waals surface area contributed by atoms with Gasteiger partial charge in [0.2, 0.25) is 0 Å². The zero-order valence-electron chi connectivity index (χ0n) is 26.5. The number of hydrogen-bond donors (Lipinski definition) is 0. The minimum absolute atomic E-state index is 0.124. The molecule has 0 aliphatic carbocycles. The van der Waals surface area contributed by atoms with Gasteiger partial charge in [0.05, 0.1) is 28.8 Å². The van der Waals surface area contributed by atoms with Crippen molar-refractivity contribution >= 4 is 0 Å². The first-order valence-electron chi connectivity index (χ1n) is 15.3. The summed E-state index contributed by atoms with van der Waals surface area (Å²) in [5.41, 5.74) is 6.28. The van der Waals surface area contributed by atoms with E-state index in [0.717, 1.165) is 33.9 Å². The van der Waals surface area contributed by atoms with E-state index in [4.69, 9.17) is 14.6 Å². The molecule has 0 saturated carbocycles. The highest BCUT2D eigenvalue weighted by molar-refractivity contribution is 5.64. The molecule has 3 heterocycles. The van der Waals surface area contributed by atoms with E-state index in [2.05, 4.69) is 111 Å². The summed E-state index contributed by atoms with van der Waals surface area (Å²) in [6.07, 6.45) is 3.40. The molecule has 0 fully saturated rings. The fourth-order valence-corrected chi connectivity index (χ4v) is 5.24. The Morgan fingerprint density at radius 1 is 0.659 bits per heavy atom. The molecule has 0 aliphatic heterocycles. The lowest BCUT2D eigenvalue weighted by Crippen LogP contribution is -2.46. The maximum atomic E-state index is 6.74. The van der Waals surface area contributed by atoms with Gasteiger partial charge in [0.25, 0.3) is 0 Å². The van der Waals surface area contributed by atoms with E-state index >= 15 is 0 Å². The smallest absolute Gasteiger partial charge is 0.124 e. The summed E-state index contributed by atoms with van der Waals surface area (Å²) < 4.78 is 6.30. The Balaban J connectivity index is 1.31. The molecule has 0 aliphatic rings. The van der Waals surface area contributed by atoms with Gasteiger partial charge in [-0.1, -0.05) is 80.6 Å². The molecule has 5 rings (SSSR count). The highest BCUT2D eigenvalue weighted by Gasteiger charge is 2.34. The van der Waals surface area contributed by atoms with Gasteiger partial charge < -0.3 is 4.74 Å². The van der Waals surface area contributed by atoms with Gasteiger partial charge in [0.1, 0.15) is 18.5 Å². The Bertz CT molecular complexity index is 1540. The minimum atomic E-state index is -0.195. The lowest BCUT2D eigenvalue weighted by atomic mass is 9.92. The Morgan fingerprint density at radius 3 is 1.73 bits per heavy atom. The first-order chi connectivity index (χ1) is 21.2.